The maximum absolute atomic E-state index is 6.10. The van der Waals surface area contributed by atoms with Gasteiger partial charge in [-0.1, -0.05) is 37.6 Å². The lowest BCUT2D eigenvalue weighted by Gasteiger charge is -2.12. The number of nitrogens with zero attached hydrogens (tertiary/aromatic N) is 2. The molecule has 2 aromatic rings. The van der Waals surface area contributed by atoms with Gasteiger partial charge in [-0.2, -0.15) is 0 Å². The van der Waals surface area contributed by atoms with Crippen LogP contribution in [0.3, 0.4) is 0 Å². The normalized spacial score (nSPS) is 10.8. The van der Waals surface area contributed by atoms with Gasteiger partial charge in [-0.25, -0.2) is 4.98 Å². The van der Waals surface area contributed by atoms with Gasteiger partial charge in [0.1, 0.15) is 0 Å². The first kappa shape index (κ1) is 12.0. The molecule has 0 atom stereocenters. The molecule has 0 saturated heterocycles. The Morgan fingerprint density at radius 3 is 2.82 bits per heavy atom. The molecule has 3 nitrogen and oxygen atoms in total. The summed E-state index contributed by atoms with van der Waals surface area (Å²) in [5.41, 5.74) is 0.880. The number of hydrogen-bond donors (Lipinski definition) is 1. The number of rotatable bonds is 4. The smallest absolute Gasteiger partial charge is 0.207 e. The van der Waals surface area contributed by atoms with Crippen molar-refractivity contribution in [1.82, 2.24) is 9.55 Å². The fraction of sp³-hybridized carbons (Fsp3) is 0.308. The third-order valence-corrected chi connectivity index (χ3v) is 2.73. The van der Waals surface area contributed by atoms with Crippen molar-refractivity contribution in [3.05, 3.63) is 41.7 Å². The van der Waals surface area contributed by atoms with Crippen LogP contribution in [0.2, 0.25) is 5.02 Å². The van der Waals surface area contributed by atoms with Crippen LogP contribution in [0, 0.1) is 5.92 Å². The number of imidazole rings is 1. The zero-order chi connectivity index (χ0) is 12.3. The Bertz CT molecular complexity index is 491. The Hall–Kier alpha value is -1.48. The molecular weight excluding hydrogens is 234 g/mol. The van der Waals surface area contributed by atoms with Gasteiger partial charge in [-0.05, 0) is 18.1 Å². The van der Waals surface area contributed by atoms with Crippen LogP contribution in [-0.2, 0) is 6.54 Å². The Balaban J connectivity index is 2.19. The van der Waals surface area contributed by atoms with E-state index >= 15 is 0 Å². The summed E-state index contributed by atoms with van der Waals surface area (Å²) in [4.78, 5) is 4.30. The molecule has 0 aliphatic rings. The largest absolute Gasteiger partial charge is 0.324 e. The molecule has 1 aromatic carbocycles. The van der Waals surface area contributed by atoms with Gasteiger partial charge in [0.2, 0.25) is 5.95 Å². The molecule has 17 heavy (non-hydrogen) atoms. The molecule has 0 amide bonds. The molecule has 1 heterocycles. The molecule has 0 spiro atoms. The van der Waals surface area contributed by atoms with Gasteiger partial charge in [0.25, 0.3) is 0 Å². The van der Waals surface area contributed by atoms with E-state index in [9.17, 15) is 0 Å². The minimum absolute atomic E-state index is 0.580. The second kappa shape index (κ2) is 5.23. The van der Waals surface area contributed by atoms with Crippen LogP contribution in [0.1, 0.15) is 13.8 Å². The van der Waals surface area contributed by atoms with Gasteiger partial charge in [0, 0.05) is 18.9 Å². The number of benzene rings is 1. The number of nitrogens with one attached hydrogen (secondary N) is 1. The summed E-state index contributed by atoms with van der Waals surface area (Å²) in [5, 5.41) is 3.95. The van der Waals surface area contributed by atoms with E-state index in [2.05, 4.69) is 28.7 Å². The van der Waals surface area contributed by atoms with Gasteiger partial charge in [-0.15, -0.1) is 0 Å². The fourth-order valence-corrected chi connectivity index (χ4v) is 1.84. The molecule has 0 aliphatic heterocycles. The third kappa shape index (κ3) is 3.01. The second-order valence-electron chi connectivity index (χ2n) is 4.40. The van der Waals surface area contributed by atoms with Gasteiger partial charge >= 0.3 is 0 Å². The lowest BCUT2D eigenvalue weighted by Crippen LogP contribution is -2.07. The molecule has 2 rings (SSSR count). The summed E-state index contributed by atoms with van der Waals surface area (Å²) >= 11 is 6.10. The van der Waals surface area contributed by atoms with Crippen LogP contribution in [0.5, 0.6) is 0 Å². The zero-order valence-electron chi connectivity index (χ0n) is 10.0. The predicted octanol–water partition coefficient (Wildman–Crippen LogP) is 3.94. The summed E-state index contributed by atoms with van der Waals surface area (Å²) in [6.45, 7) is 5.30. The van der Waals surface area contributed by atoms with E-state index in [1.807, 2.05) is 30.5 Å². The molecule has 0 saturated carbocycles. The van der Waals surface area contributed by atoms with Crippen molar-refractivity contribution in [2.75, 3.05) is 5.32 Å². The molecule has 4 heteroatoms. The standard InChI is InChI=1S/C13H16ClN3/c1-10(2)9-17-8-7-15-13(17)16-12-6-4-3-5-11(12)14/h3-8,10H,9H2,1-2H3,(H,15,16). The quantitative estimate of drug-likeness (QED) is 0.890. The van der Waals surface area contributed by atoms with Crippen molar-refractivity contribution < 1.29 is 0 Å². The first-order valence-corrected chi connectivity index (χ1v) is 6.07. The van der Waals surface area contributed by atoms with Crippen LogP contribution >= 0.6 is 11.6 Å². The Morgan fingerprint density at radius 1 is 1.35 bits per heavy atom. The maximum Gasteiger partial charge on any atom is 0.207 e. The minimum Gasteiger partial charge on any atom is -0.324 e. The van der Waals surface area contributed by atoms with Gasteiger partial charge in [0.15, 0.2) is 0 Å². The average Bonchev–Trinajstić information content (AvgIpc) is 2.68. The lowest BCUT2D eigenvalue weighted by molar-refractivity contribution is 0.527. The predicted molar refractivity (Wildman–Crippen MR) is 71.8 cm³/mol. The van der Waals surface area contributed by atoms with E-state index < -0.39 is 0 Å². The molecule has 0 unspecified atom stereocenters. The number of hydrogen-bond acceptors (Lipinski definition) is 2. The average molecular weight is 250 g/mol. The van der Waals surface area contributed by atoms with E-state index in [4.69, 9.17) is 11.6 Å². The van der Waals surface area contributed by atoms with E-state index in [0.717, 1.165) is 18.2 Å². The zero-order valence-corrected chi connectivity index (χ0v) is 10.8. The Morgan fingerprint density at radius 2 is 2.12 bits per heavy atom. The topological polar surface area (TPSA) is 29.9 Å². The van der Waals surface area contributed by atoms with Gasteiger partial charge in [0.05, 0.1) is 10.7 Å². The van der Waals surface area contributed by atoms with E-state index in [0.29, 0.717) is 10.9 Å². The monoisotopic (exact) mass is 249 g/mol. The van der Waals surface area contributed by atoms with Crippen LogP contribution < -0.4 is 5.32 Å². The fourth-order valence-electron chi connectivity index (χ4n) is 1.66. The van der Waals surface area contributed by atoms with E-state index in [1.165, 1.54) is 0 Å². The van der Waals surface area contributed by atoms with Crippen LogP contribution in [0.4, 0.5) is 11.6 Å². The van der Waals surface area contributed by atoms with Crippen molar-refractivity contribution in [2.24, 2.45) is 5.92 Å². The number of anilines is 2. The van der Waals surface area contributed by atoms with Crippen LogP contribution in [0.25, 0.3) is 0 Å². The summed E-state index contributed by atoms with van der Waals surface area (Å²) < 4.78 is 2.09. The Labute approximate surface area is 106 Å². The summed E-state index contributed by atoms with van der Waals surface area (Å²) in [6, 6.07) is 7.66. The number of halogens is 1. The van der Waals surface area contributed by atoms with Crippen molar-refractivity contribution in [1.29, 1.82) is 0 Å². The molecule has 0 radical (unpaired) electrons. The van der Waals surface area contributed by atoms with Crippen molar-refractivity contribution in [2.45, 2.75) is 20.4 Å². The summed E-state index contributed by atoms with van der Waals surface area (Å²) in [6.07, 6.45) is 3.76. The molecule has 90 valence electrons. The molecule has 1 aromatic heterocycles. The molecular formula is C13H16ClN3. The highest BCUT2D eigenvalue weighted by Gasteiger charge is 2.06. The molecule has 0 bridgehead atoms. The second-order valence-corrected chi connectivity index (χ2v) is 4.81. The SMILES string of the molecule is CC(C)Cn1ccnc1Nc1ccccc1Cl. The van der Waals surface area contributed by atoms with Crippen molar-refractivity contribution >= 4 is 23.2 Å². The highest BCUT2D eigenvalue weighted by molar-refractivity contribution is 6.33. The summed E-state index contributed by atoms with van der Waals surface area (Å²) in [5.74, 6) is 1.41. The third-order valence-electron chi connectivity index (χ3n) is 2.40. The van der Waals surface area contributed by atoms with E-state index in [1.54, 1.807) is 6.20 Å². The molecule has 0 fully saturated rings. The molecule has 0 aliphatic carbocycles. The number of aromatic nitrogens is 2. The number of para-hydroxylation sites is 1. The Kier molecular flexibility index (Phi) is 3.69. The minimum atomic E-state index is 0.580. The van der Waals surface area contributed by atoms with Gasteiger partial charge in [-0.3, -0.25) is 0 Å². The molecule has 1 N–H and O–H groups in total. The lowest BCUT2D eigenvalue weighted by atomic mass is 10.2. The summed E-state index contributed by atoms with van der Waals surface area (Å²) in [7, 11) is 0. The maximum atomic E-state index is 6.10. The van der Waals surface area contributed by atoms with Crippen molar-refractivity contribution in [3.8, 4) is 0 Å². The van der Waals surface area contributed by atoms with Crippen LogP contribution in [0.15, 0.2) is 36.7 Å². The highest BCUT2D eigenvalue weighted by Crippen LogP contribution is 2.24. The first-order chi connectivity index (χ1) is 8.16. The highest BCUT2D eigenvalue weighted by atomic mass is 35.5. The van der Waals surface area contributed by atoms with Gasteiger partial charge < -0.3 is 9.88 Å². The first-order valence-electron chi connectivity index (χ1n) is 5.69. The van der Waals surface area contributed by atoms with E-state index in [-0.39, 0.29) is 0 Å². The van der Waals surface area contributed by atoms with Crippen LogP contribution in [-0.4, -0.2) is 9.55 Å². The van der Waals surface area contributed by atoms with Crippen molar-refractivity contribution in [3.63, 3.8) is 0 Å².